The van der Waals surface area contributed by atoms with E-state index < -0.39 is 0 Å². The van der Waals surface area contributed by atoms with E-state index in [0.29, 0.717) is 0 Å². The number of nitrogens with one attached hydrogen (secondary N) is 2. The summed E-state index contributed by atoms with van der Waals surface area (Å²) in [6.07, 6.45) is 0. The van der Waals surface area contributed by atoms with Crippen molar-refractivity contribution in [2.75, 3.05) is 59.4 Å². The second kappa shape index (κ2) is 9.08. The van der Waals surface area contributed by atoms with Gasteiger partial charge in [0.15, 0.2) is 0 Å². The van der Waals surface area contributed by atoms with Crippen molar-refractivity contribution in [3.8, 4) is 0 Å². The van der Waals surface area contributed by atoms with Crippen molar-refractivity contribution < 1.29 is 0 Å². The molecule has 1 aromatic carbocycles. The topological polar surface area (TPSA) is 30.5 Å². The summed E-state index contributed by atoms with van der Waals surface area (Å²) in [5.74, 6) is 0. The van der Waals surface area contributed by atoms with E-state index in [4.69, 9.17) is 0 Å². The maximum Gasteiger partial charge on any atom is 0.0234 e. The fourth-order valence-electron chi connectivity index (χ4n) is 2.49. The molecule has 0 amide bonds. The van der Waals surface area contributed by atoms with Crippen LogP contribution in [0.15, 0.2) is 30.3 Å². The van der Waals surface area contributed by atoms with Crippen LogP contribution >= 0.6 is 0 Å². The quantitative estimate of drug-likeness (QED) is 0.829. The third-order valence-corrected chi connectivity index (χ3v) is 3.80. The first-order valence-electron chi connectivity index (χ1n) is 7.71. The molecule has 0 unspecified atom stereocenters. The Morgan fingerprint density at radius 1 is 0.850 bits per heavy atom. The molecular formula is C16H28N4. The van der Waals surface area contributed by atoms with Crippen molar-refractivity contribution >= 4 is 0 Å². The number of hydrogen-bond donors (Lipinski definition) is 2. The van der Waals surface area contributed by atoms with E-state index in [1.54, 1.807) is 0 Å². The van der Waals surface area contributed by atoms with Crippen molar-refractivity contribution in [3.63, 3.8) is 0 Å². The molecule has 1 heterocycles. The summed E-state index contributed by atoms with van der Waals surface area (Å²) in [5, 5.41) is 7.09. The van der Waals surface area contributed by atoms with Gasteiger partial charge < -0.3 is 15.5 Å². The zero-order valence-corrected chi connectivity index (χ0v) is 12.6. The van der Waals surface area contributed by atoms with Crippen LogP contribution in [-0.2, 0) is 6.54 Å². The van der Waals surface area contributed by atoms with E-state index in [1.807, 2.05) is 0 Å². The SMILES string of the molecule is CN1CCNCCN(Cc2ccccc2)CCNCC1. The lowest BCUT2D eigenvalue weighted by Crippen LogP contribution is -2.41. The van der Waals surface area contributed by atoms with Crippen LogP contribution in [0.1, 0.15) is 5.56 Å². The van der Waals surface area contributed by atoms with Crippen molar-refractivity contribution in [1.29, 1.82) is 0 Å². The van der Waals surface area contributed by atoms with Crippen LogP contribution in [0.5, 0.6) is 0 Å². The van der Waals surface area contributed by atoms with Gasteiger partial charge in [-0.3, -0.25) is 4.90 Å². The summed E-state index contributed by atoms with van der Waals surface area (Å²) in [6.45, 7) is 9.82. The van der Waals surface area contributed by atoms with E-state index in [9.17, 15) is 0 Å². The van der Waals surface area contributed by atoms with Crippen LogP contribution in [0.2, 0.25) is 0 Å². The van der Waals surface area contributed by atoms with E-state index in [0.717, 1.165) is 58.9 Å². The van der Waals surface area contributed by atoms with Crippen LogP contribution in [0.25, 0.3) is 0 Å². The molecule has 1 aliphatic rings. The largest absolute Gasteiger partial charge is 0.314 e. The summed E-state index contributed by atoms with van der Waals surface area (Å²) in [4.78, 5) is 4.91. The smallest absolute Gasteiger partial charge is 0.0234 e. The zero-order valence-electron chi connectivity index (χ0n) is 12.6. The Morgan fingerprint density at radius 3 is 2.00 bits per heavy atom. The Balaban J connectivity index is 1.81. The van der Waals surface area contributed by atoms with Crippen LogP contribution < -0.4 is 10.6 Å². The molecule has 0 saturated carbocycles. The average Bonchev–Trinajstić information content (AvgIpc) is 2.45. The molecule has 1 fully saturated rings. The predicted octanol–water partition coefficient (Wildman–Crippen LogP) is 0.613. The monoisotopic (exact) mass is 276 g/mol. The highest BCUT2D eigenvalue weighted by molar-refractivity contribution is 5.14. The third-order valence-electron chi connectivity index (χ3n) is 3.80. The lowest BCUT2D eigenvalue weighted by molar-refractivity contribution is 0.251. The van der Waals surface area contributed by atoms with Gasteiger partial charge in [-0.25, -0.2) is 0 Å². The van der Waals surface area contributed by atoms with Crippen LogP contribution in [0.4, 0.5) is 0 Å². The highest BCUT2D eigenvalue weighted by atomic mass is 15.2. The zero-order chi connectivity index (χ0) is 14.0. The molecule has 0 bridgehead atoms. The molecule has 2 rings (SSSR count). The van der Waals surface area contributed by atoms with E-state index in [-0.39, 0.29) is 0 Å². The van der Waals surface area contributed by atoms with Crippen LogP contribution in [0, 0.1) is 0 Å². The maximum atomic E-state index is 3.55. The summed E-state index contributed by atoms with van der Waals surface area (Å²) in [6, 6.07) is 10.8. The van der Waals surface area contributed by atoms with Crippen LogP contribution in [0.3, 0.4) is 0 Å². The Bertz CT molecular complexity index is 341. The molecule has 20 heavy (non-hydrogen) atoms. The minimum atomic E-state index is 1.05. The molecule has 112 valence electrons. The predicted molar refractivity (Wildman–Crippen MR) is 85.0 cm³/mol. The highest BCUT2D eigenvalue weighted by Gasteiger charge is 2.07. The van der Waals surface area contributed by atoms with E-state index >= 15 is 0 Å². The summed E-state index contributed by atoms with van der Waals surface area (Å²) < 4.78 is 0. The normalized spacial score (nSPS) is 21.1. The Labute approximate surface area is 123 Å². The first-order valence-corrected chi connectivity index (χ1v) is 7.71. The molecule has 0 aromatic heterocycles. The Kier molecular flexibility index (Phi) is 7.01. The molecule has 1 saturated heterocycles. The first-order chi connectivity index (χ1) is 9.84. The van der Waals surface area contributed by atoms with Gasteiger partial charge in [0.05, 0.1) is 0 Å². The number of hydrogen-bond acceptors (Lipinski definition) is 4. The van der Waals surface area contributed by atoms with Gasteiger partial charge in [0, 0.05) is 58.9 Å². The fraction of sp³-hybridized carbons (Fsp3) is 0.625. The molecule has 0 spiro atoms. The molecular weight excluding hydrogens is 248 g/mol. The van der Waals surface area contributed by atoms with Crippen molar-refractivity contribution in [2.24, 2.45) is 0 Å². The maximum absolute atomic E-state index is 3.55. The minimum absolute atomic E-state index is 1.05. The van der Waals surface area contributed by atoms with Gasteiger partial charge in [0.25, 0.3) is 0 Å². The Morgan fingerprint density at radius 2 is 1.40 bits per heavy atom. The minimum Gasteiger partial charge on any atom is -0.314 e. The van der Waals surface area contributed by atoms with Gasteiger partial charge in [-0.15, -0.1) is 0 Å². The first kappa shape index (κ1) is 15.4. The molecule has 4 nitrogen and oxygen atoms in total. The van der Waals surface area contributed by atoms with Gasteiger partial charge in [0.2, 0.25) is 0 Å². The summed E-state index contributed by atoms with van der Waals surface area (Å²) in [7, 11) is 2.19. The Hall–Kier alpha value is -0.940. The van der Waals surface area contributed by atoms with Crippen molar-refractivity contribution in [3.05, 3.63) is 35.9 Å². The second-order valence-corrected chi connectivity index (χ2v) is 5.57. The molecule has 4 heteroatoms. The third kappa shape index (κ3) is 6.01. The highest BCUT2D eigenvalue weighted by Crippen LogP contribution is 2.03. The lowest BCUT2D eigenvalue weighted by Gasteiger charge is -2.25. The number of nitrogens with zero attached hydrogens (tertiary/aromatic N) is 2. The lowest BCUT2D eigenvalue weighted by atomic mass is 10.2. The summed E-state index contributed by atoms with van der Waals surface area (Å²) >= 11 is 0. The molecule has 0 radical (unpaired) electrons. The molecule has 2 N–H and O–H groups in total. The van der Waals surface area contributed by atoms with Crippen molar-refractivity contribution in [1.82, 2.24) is 20.4 Å². The summed E-state index contributed by atoms with van der Waals surface area (Å²) in [5.41, 5.74) is 1.40. The van der Waals surface area contributed by atoms with Gasteiger partial charge in [-0.1, -0.05) is 30.3 Å². The fourth-order valence-corrected chi connectivity index (χ4v) is 2.49. The number of benzene rings is 1. The van der Waals surface area contributed by atoms with Crippen LogP contribution in [-0.4, -0.2) is 69.2 Å². The molecule has 1 aromatic rings. The number of rotatable bonds is 2. The molecule has 1 aliphatic heterocycles. The number of likely N-dealkylation sites (N-methyl/N-ethyl adjacent to an activating group) is 1. The van der Waals surface area contributed by atoms with Gasteiger partial charge >= 0.3 is 0 Å². The molecule has 0 aliphatic carbocycles. The van der Waals surface area contributed by atoms with Gasteiger partial charge in [-0.2, -0.15) is 0 Å². The molecule has 0 atom stereocenters. The average molecular weight is 276 g/mol. The second-order valence-electron chi connectivity index (χ2n) is 5.57. The van der Waals surface area contributed by atoms with Crippen molar-refractivity contribution in [2.45, 2.75) is 6.54 Å². The van der Waals surface area contributed by atoms with Gasteiger partial charge in [0.1, 0.15) is 0 Å². The van der Waals surface area contributed by atoms with E-state index in [1.165, 1.54) is 5.56 Å². The van der Waals surface area contributed by atoms with E-state index in [2.05, 4.69) is 57.8 Å². The van der Waals surface area contributed by atoms with Gasteiger partial charge in [-0.05, 0) is 12.6 Å². The standard InChI is InChI=1S/C16H28N4/c1-19-11-7-17-9-13-20(14-10-18-8-12-19)15-16-5-3-2-4-6-16/h2-6,17-18H,7-15H2,1H3.